The van der Waals surface area contributed by atoms with Gasteiger partial charge in [0.05, 0.1) is 5.56 Å². The van der Waals surface area contributed by atoms with Gasteiger partial charge in [-0.05, 0) is 37.5 Å². The van der Waals surface area contributed by atoms with Gasteiger partial charge in [0.15, 0.2) is 0 Å². The van der Waals surface area contributed by atoms with E-state index in [1.165, 1.54) is 0 Å². The van der Waals surface area contributed by atoms with E-state index in [-0.39, 0.29) is 11.8 Å². The zero-order valence-electron chi connectivity index (χ0n) is 13.4. The van der Waals surface area contributed by atoms with Crippen LogP contribution >= 0.6 is 0 Å². The van der Waals surface area contributed by atoms with Crippen LogP contribution in [0.3, 0.4) is 0 Å². The molecule has 1 aromatic carbocycles. The lowest BCUT2D eigenvalue weighted by Gasteiger charge is -2.22. The highest BCUT2D eigenvalue weighted by Gasteiger charge is 2.20. The fraction of sp³-hybridized carbons (Fsp3) is 0.529. The van der Waals surface area contributed by atoms with E-state index in [0.29, 0.717) is 24.2 Å². The standard InChI is InChI=1S/C17H25N3O2/c1-3-9-18-17(22)14-12-13(19-16(21)4-2)7-8-15(14)20-10-5-6-11-20/h7-8,12H,3-6,9-11H2,1-2H3,(H,18,22)(H,19,21). The molecule has 2 rings (SSSR count). The summed E-state index contributed by atoms with van der Waals surface area (Å²) in [5.41, 5.74) is 2.28. The molecule has 22 heavy (non-hydrogen) atoms. The van der Waals surface area contributed by atoms with Crippen molar-refractivity contribution in [2.45, 2.75) is 39.5 Å². The molecule has 0 saturated carbocycles. The van der Waals surface area contributed by atoms with Crippen LogP contribution in [0.25, 0.3) is 0 Å². The Hall–Kier alpha value is -2.04. The molecule has 2 amide bonds. The van der Waals surface area contributed by atoms with E-state index in [2.05, 4.69) is 15.5 Å². The first-order valence-electron chi connectivity index (χ1n) is 8.12. The lowest BCUT2D eigenvalue weighted by Crippen LogP contribution is -2.28. The van der Waals surface area contributed by atoms with Gasteiger partial charge in [-0.25, -0.2) is 0 Å². The maximum atomic E-state index is 12.4. The highest BCUT2D eigenvalue weighted by molar-refractivity contribution is 6.02. The van der Waals surface area contributed by atoms with Crippen molar-refractivity contribution in [2.24, 2.45) is 0 Å². The predicted octanol–water partition coefficient (Wildman–Crippen LogP) is 2.78. The SMILES string of the molecule is CCCNC(=O)c1cc(NC(=O)CC)ccc1N1CCCC1. The minimum atomic E-state index is -0.0728. The number of rotatable bonds is 6. The third-order valence-corrected chi connectivity index (χ3v) is 3.83. The summed E-state index contributed by atoms with van der Waals surface area (Å²) in [6.45, 7) is 6.45. The summed E-state index contributed by atoms with van der Waals surface area (Å²) in [7, 11) is 0. The van der Waals surface area contributed by atoms with Crippen molar-refractivity contribution < 1.29 is 9.59 Å². The highest BCUT2D eigenvalue weighted by atomic mass is 16.2. The van der Waals surface area contributed by atoms with Crippen LogP contribution in [0.4, 0.5) is 11.4 Å². The Morgan fingerprint density at radius 1 is 1.18 bits per heavy atom. The fourth-order valence-electron chi connectivity index (χ4n) is 2.61. The van der Waals surface area contributed by atoms with E-state index >= 15 is 0 Å². The lowest BCUT2D eigenvalue weighted by atomic mass is 10.1. The minimum absolute atomic E-state index is 0.0474. The van der Waals surface area contributed by atoms with Gasteiger partial charge in [0, 0.05) is 37.4 Å². The van der Waals surface area contributed by atoms with Crippen molar-refractivity contribution in [1.29, 1.82) is 0 Å². The van der Waals surface area contributed by atoms with Gasteiger partial charge < -0.3 is 15.5 Å². The average Bonchev–Trinajstić information content (AvgIpc) is 3.06. The third kappa shape index (κ3) is 4.00. The normalized spacial score (nSPS) is 14.0. The van der Waals surface area contributed by atoms with Crippen molar-refractivity contribution in [2.75, 3.05) is 29.9 Å². The molecule has 0 bridgehead atoms. The molecule has 1 saturated heterocycles. The van der Waals surface area contributed by atoms with Crippen molar-refractivity contribution >= 4 is 23.2 Å². The van der Waals surface area contributed by atoms with E-state index in [1.54, 1.807) is 6.07 Å². The molecular weight excluding hydrogens is 278 g/mol. The summed E-state index contributed by atoms with van der Waals surface area (Å²) in [6, 6.07) is 5.60. The second-order valence-electron chi connectivity index (χ2n) is 5.58. The van der Waals surface area contributed by atoms with Crippen LogP contribution in [0, 0.1) is 0 Å². The summed E-state index contributed by atoms with van der Waals surface area (Å²) in [5, 5.41) is 5.75. The Balaban J connectivity index is 2.27. The van der Waals surface area contributed by atoms with Crippen LogP contribution in [0.15, 0.2) is 18.2 Å². The molecule has 1 aliphatic heterocycles. The number of hydrogen-bond donors (Lipinski definition) is 2. The molecule has 5 heteroatoms. The number of carbonyl (C=O) groups is 2. The summed E-state index contributed by atoms with van der Waals surface area (Å²) in [5.74, 6) is -0.120. The van der Waals surface area contributed by atoms with Crippen LogP contribution in [0.1, 0.15) is 49.9 Å². The van der Waals surface area contributed by atoms with Gasteiger partial charge in [0.2, 0.25) is 5.91 Å². The largest absolute Gasteiger partial charge is 0.371 e. The summed E-state index contributed by atoms with van der Waals surface area (Å²) >= 11 is 0. The first-order chi connectivity index (χ1) is 10.7. The zero-order valence-corrected chi connectivity index (χ0v) is 13.4. The van der Waals surface area contributed by atoms with Crippen LogP contribution in [-0.2, 0) is 4.79 Å². The summed E-state index contributed by atoms with van der Waals surface area (Å²) in [6.07, 6.45) is 3.64. The number of benzene rings is 1. The molecule has 1 fully saturated rings. The topological polar surface area (TPSA) is 61.4 Å². The molecule has 0 unspecified atom stereocenters. The van der Waals surface area contributed by atoms with Gasteiger partial charge in [0.25, 0.3) is 5.91 Å². The quantitative estimate of drug-likeness (QED) is 0.849. The molecule has 0 radical (unpaired) electrons. The first kappa shape index (κ1) is 16.3. The molecule has 1 heterocycles. The molecule has 0 aromatic heterocycles. The highest BCUT2D eigenvalue weighted by Crippen LogP contribution is 2.27. The second-order valence-corrected chi connectivity index (χ2v) is 5.58. The summed E-state index contributed by atoms with van der Waals surface area (Å²) in [4.78, 5) is 26.2. The Morgan fingerprint density at radius 2 is 1.91 bits per heavy atom. The van der Waals surface area contributed by atoms with E-state index in [0.717, 1.165) is 38.0 Å². The number of carbonyl (C=O) groups excluding carboxylic acids is 2. The van der Waals surface area contributed by atoms with Crippen molar-refractivity contribution in [3.05, 3.63) is 23.8 Å². The van der Waals surface area contributed by atoms with Crippen LogP contribution in [-0.4, -0.2) is 31.4 Å². The number of nitrogens with one attached hydrogen (secondary N) is 2. The molecule has 1 aromatic rings. The van der Waals surface area contributed by atoms with Gasteiger partial charge in [-0.15, -0.1) is 0 Å². The molecule has 1 aliphatic rings. The Kier molecular flexibility index (Phi) is 5.81. The fourth-order valence-corrected chi connectivity index (χ4v) is 2.61. The Morgan fingerprint density at radius 3 is 2.55 bits per heavy atom. The second kappa shape index (κ2) is 7.82. The number of nitrogens with zero attached hydrogens (tertiary/aromatic N) is 1. The molecule has 5 nitrogen and oxygen atoms in total. The molecule has 0 aliphatic carbocycles. The van der Waals surface area contributed by atoms with Crippen LogP contribution in [0.5, 0.6) is 0 Å². The first-order valence-corrected chi connectivity index (χ1v) is 8.12. The Labute approximate surface area is 132 Å². The van der Waals surface area contributed by atoms with Crippen LogP contribution in [0.2, 0.25) is 0 Å². The van der Waals surface area contributed by atoms with E-state index in [1.807, 2.05) is 26.0 Å². The van der Waals surface area contributed by atoms with Gasteiger partial charge in [-0.2, -0.15) is 0 Å². The van der Waals surface area contributed by atoms with Gasteiger partial charge >= 0.3 is 0 Å². The predicted molar refractivity (Wildman–Crippen MR) is 89.4 cm³/mol. The minimum Gasteiger partial charge on any atom is -0.371 e. The maximum absolute atomic E-state index is 12.4. The van der Waals surface area contributed by atoms with Gasteiger partial charge in [-0.1, -0.05) is 13.8 Å². The molecule has 0 atom stereocenters. The van der Waals surface area contributed by atoms with Crippen molar-refractivity contribution in [1.82, 2.24) is 5.32 Å². The molecule has 120 valence electrons. The molecular formula is C17H25N3O2. The number of amides is 2. The summed E-state index contributed by atoms with van der Waals surface area (Å²) < 4.78 is 0. The smallest absolute Gasteiger partial charge is 0.253 e. The van der Waals surface area contributed by atoms with Gasteiger partial charge in [0.1, 0.15) is 0 Å². The molecule has 0 spiro atoms. The van der Waals surface area contributed by atoms with Crippen LogP contribution < -0.4 is 15.5 Å². The van der Waals surface area contributed by atoms with Gasteiger partial charge in [-0.3, -0.25) is 9.59 Å². The number of anilines is 2. The van der Waals surface area contributed by atoms with Crippen molar-refractivity contribution in [3.8, 4) is 0 Å². The average molecular weight is 303 g/mol. The van der Waals surface area contributed by atoms with E-state index in [9.17, 15) is 9.59 Å². The maximum Gasteiger partial charge on any atom is 0.253 e. The molecule has 2 N–H and O–H groups in total. The Bertz CT molecular complexity index is 537. The van der Waals surface area contributed by atoms with E-state index < -0.39 is 0 Å². The monoisotopic (exact) mass is 303 g/mol. The lowest BCUT2D eigenvalue weighted by molar-refractivity contribution is -0.115. The number of hydrogen-bond acceptors (Lipinski definition) is 3. The van der Waals surface area contributed by atoms with Crippen molar-refractivity contribution in [3.63, 3.8) is 0 Å². The third-order valence-electron chi connectivity index (χ3n) is 3.83. The van der Waals surface area contributed by atoms with E-state index in [4.69, 9.17) is 0 Å². The zero-order chi connectivity index (χ0) is 15.9.